The third-order valence-corrected chi connectivity index (χ3v) is 6.73. The summed E-state index contributed by atoms with van der Waals surface area (Å²) in [5.74, 6) is 0.871. The maximum absolute atomic E-state index is 6.33. The minimum absolute atomic E-state index is 0.250. The minimum Gasteiger partial charge on any atom is -0.351 e. The molecule has 6 heteroatoms. The van der Waals surface area contributed by atoms with Crippen LogP contribution in [0.15, 0.2) is 0 Å². The Morgan fingerprint density at radius 3 is 2.75 bits per heavy atom. The van der Waals surface area contributed by atoms with Gasteiger partial charge in [-0.25, -0.2) is 9.78 Å². The Balaban J connectivity index is 1.64. The lowest BCUT2D eigenvalue weighted by Crippen LogP contribution is -2.70. The molecule has 138 valence electrons. The fourth-order valence-electron chi connectivity index (χ4n) is 5.34. The smallest absolute Gasteiger partial charge is 0.201 e. The first-order chi connectivity index (χ1) is 11.5. The number of hydrogen-bond acceptors (Lipinski definition) is 6. The first-order valence-electron chi connectivity index (χ1n) is 9.46. The molecule has 5 fully saturated rings. The van der Waals surface area contributed by atoms with E-state index in [0.717, 1.165) is 25.8 Å². The van der Waals surface area contributed by atoms with Gasteiger partial charge in [0.25, 0.3) is 0 Å². The number of ether oxygens (including phenoxy) is 3. The quantitative estimate of drug-likeness (QED) is 0.626. The van der Waals surface area contributed by atoms with Crippen molar-refractivity contribution in [2.45, 2.75) is 70.4 Å². The van der Waals surface area contributed by atoms with Crippen molar-refractivity contribution in [1.29, 1.82) is 0 Å². The van der Waals surface area contributed by atoms with Crippen LogP contribution in [0.2, 0.25) is 0 Å². The van der Waals surface area contributed by atoms with Gasteiger partial charge in [-0.15, -0.1) is 0 Å². The second-order valence-corrected chi connectivity index (χ2v) is 8.25. The van der Waals surface area contributed by atoms with Gasteiger partial charge in [-0.3, -0.25) is 0 Å². The van der Waals surface area contributed by atoms with Crippen molar-refractivity contribution in [2.75, 3.05) is 20.2 Å². The summed E-state index contributed by atoms with van der Waals surface area (Å²) in [6.45, 7) is 7.94. The van der Waals surface area contributed by atoms with E-state index in [4.69, 9.17) is 24.0 Å². The van der Waals surface area contributed by atoms with Crippen LogP contribution in [-0.4, -0.2) is 44.2 Å². The summed E-state index contributed by atoms with van der Waals surface area (Å²) in [5.41, 5.74) is -0.490. The van der Waals surface area contributed by atoms with E-state index in [2.05, 4.69) is 19.2 Å². The Kier molecular flexibility index (Phi) is 4.43. The van der Waals surface area contributed by atoms with Gasteiger partial charge < -0.3 is 19.5 Å². The van der Waals surface area contributed by atoms with Crippen LogP contribution >= 0.6 is 0 Å². The average Bonchev–Trinajstić information content (AvgIpc) is 2.78. The molecule has 5 rings (SSSR count). The van der Waals surface area contributed by atoms with E-state index in [-0.39, 0.29) is 12.2 Å². The third-order valence-electron chi connectivity index (χ3n) is 6.73. The molecule has 1 aliphatic carbocycles. The Morgan fingerprint density at radius 2 is 1.96 bits per heavy atom. The molecule has 1 saturated carbocycles. The monoisotopic (exact) mass is 341 g/mol. The second kappa shape index (κ2) is 6.18. The predicted octanol–water partition coefficient (Wildman–Crippen LogP) is 2.43. The van der Waals surface area contributed by atoms with Gasteiger partial charge in [-0.2, -0.15) is 0 Å². The summed E-state index contributed by atoms with van der Waals surface area (Å²) in [5, 5.41) is 3.11. The molecule has 4 aliphatic heterocycles. The van der Waals surface area contributed by atoms with Gasteiger partial charge in [-0.05, 0) is 45.1 Å². The molecular formula is C18H31NO5. The van der Waals surface area contributed by atoms with Crippen LogP contribution in [0.3, 0.4) is 0 Å². The molecule has 1 N–H and O–H groups in total. The Hall–Kier alpha value is -0.240. The number of hydrogen-bond donors (Lipinski definition) is 1. The van der Waals surface area contributed by atoms with Gasteiger partial charge in [-0.1, -0.05) is 13.8 Å². The van der Waals surface area contributed by atoms with E-state index in [0.29, 0.717) is 24.4 Å². The lowest BCUT2D eigenvalue weighted by molar-refractivity contribution is -0.577. The number of nitrogens with one attached hydrogen (secondary N) is 1. The van der Waals surface area contributed by atoms with E-state index in [1.54, 1.807) is 0 Å². The highest BCUT2D eigenvalue weighted by molar-refractivity contribution is 5.09. The summed E-state index contributed by atoms with van der Waals surface area (Å²) >= 11 is 0. The molecule has 0 aromatic heterocycles. The lowest BCUT2D eigenvalue weighted by Gasteiger charge is -2.60. The molecule has 4 saturated heterocycles. The lowest BCUT2D eigenvalue weighted by atomic mass is 9.58. The molecule has 4 heterocycles. The Labute approximate surface area is 144 Å². The number of rotatable bonds is 4. The molecule has 1 spiro atoms. The normalized spacial score (nSPS) is 53.5. The van der Waals surface area contributed by atoms with E-state index >= 15 is 0 Å². The average molecular weight is 341 g/mol. The van der Waals surface area contributed by atoms with Crippen LogP contribution in [0.4, 0.5) is 0 Å². The molecule has 0 amide bonds. The van der Waals surface area contributed by atoms with Gasteiger partial charge in [0.2, 0.25) is 5.79 Å². The van der Waals surface area contributed by atoms with Crippen LogP contribution in [0.25, 0.3) is 0 Å². The largest absolute Gasteiger partial charge is 0.351 e. The van der Waals surface area contributed by atoms with Crippen LogP contribution in [-0.2, 0) is 24.0 Å². The maximum atomic E-state index is 6.33. The zero-order chi connectivity index (χ0) is 16.9. The molecule has 24 heavy (non-hydrogen) atoms. The summed E-state index contributed by atoms with van der Waals surface area (Å²) in [7, 11) is 1.93. The van der Waals surface area contributed by atoms with Crippen molar-refractivity contribution < 1.29 is 24.0 Å². The molecule has 3 unspecified atom stereocenters. The minimum atomic E-state index is -0.715. The van der Waals surface area contributed by atoms with E-state index in [1.807, 2.05) is 14.0 Å². The number of likely N-dealkylation sites (N-methyl/N-ethyl adjacent to an activating group) is 1. The summed E-state index contributed by atoms with van der Waals surface area (Å²) in [4.78, 5) is 11.9. The Bertz CT molecular complexity index is 476. The van der Waals surface area contributed by atoms with Gasteiger partial charge >= 0.3 is 0 Å². The summed E-state index contributed by atoms with van der Waals surface area (Å²) in [6.07, 6.45) is 3.57. The standard InChI is InChI=1S/C18H31NO5/c1-11-5-6-14-12(2)15(20-10-9-19-4)21-16-18(14)13(11)7-8-17(3,22-16)23-24-18/h11-16,19H,5-10H2,1-4H3/t11-,12-,13?,14?,15?,16-,17+,18-/m1/s1. The third kappa shape index (κ3) is 2.46. The van der Waals surface area contributed by atoms with Crippen LogP contribution in [0, 0.1) is 23.7 Å². The van der Waals surface area contributed by atoms with E-state index < -0.39 is 17.7 Å². The topological polar surface area (TPSA) is 58.2 Å². The first kappa shape index (κ1) is 17.2. The van der Waals surface area contributed by atoms with Gasteiger partial charge in [0.1, 0.15) is 0 Å². The van der Waals surface area contributed by atoms with Crippen molar-refractivity contribution in [3.8, 4) is 0 Å². The highest BCUT2D eigenvalue weighted by Crippen LogP contribution is 2.60. The summed E-state index contributed by atoms with van der Waals surface area (Å²) < 4.78 is 18.6. The van der Waals surface area contributed by atoms with E-state index in [1.165, 1.54) is 6.42 Å². The second-order valence-electron chi connectivity index (χ2n) is 8.25. The molecule has 0 aromatic rings. The molecule has 8 atom stereocenters. The SMILES string of the molecule is CNCCOC1O[C@@H]2O[C@]3(C)CCC4[C@H](C)CCC([C@H]1C)[C@]42OO3. The van der Waals surface area contributed by atoms with Crippen molar-refractivity contribution in [3.63, 3.8) is 0 Å². The van der Waals surface area contributed by atoms with Gasteiger partial charge in [0, 0.05) is 24.8 Å². The van der Waals surface area contributed by atoms with Crippen LogP contribution in [0.1, 0.15) is 46.5 Å². The molecule has 6 nitrogen and oxygen atoms in total. The molecule has 5 aliphatic rings. The summed E-state index contributed by atoms with van der Waals surface area (Å²) in [6, 6.07) is 0. The van der Waals surface area contributed by atoms with Crippen LogP contribution in [0.5, 0.6) is 0 Å². The highest BCUT2D eigenvalue weighted by atomic mass is 17.3. The van der Waals surface area contributed by atoms with Gasteiger partial charge in [0.05, 0.1) is 6.61 Å². The zero-order valence-electron chi connectivity index (χ0n) is 15.2. The molecule has 0 radical (unpaired) electrons. The van der Waals surface area contributed by atoms with Crippen molar-refractivity contribution >= 4 is 0 Å². The van der Waals surface area contributed by atoms with Crippen molar-refractivity contribution in [3.05, 3.63) is 0 Å². The van der Waals surface area contributed by atoms with Crippen molar-refractivity contribution in [2.24, 2.45) is 23.7 Å². The highest BCUT2D eigenvalue weighted by Gasteiger charge is 2.69. The molecular weight excluding hydrogens is 310 g/mol. The Morgan fingerprint density at radius 1 is 1.12 bits per heavy atom. The van der Waals surface area contributed by atoms with Crippen molar-refractivity contribution in [1.82, 2.24) is 5.32 Å². The first-order valence-corrected chi connectivity index (χ1v) is 9.46. The van der Waals surface area contributed by atoms with Gasteiger partial charge in [0.15, 0.2) is 18.2 Å². The maximum Gasteiger partial charge on any atom is 0.201 e. The number of fused-ring (bicyclic) bond motifs is 2. The zero-order valence-corrected chi connectivity index (χ0v) is 15.2. The predicted molar refractivity (Wildman–Crippen MR) is 86.7 cm³/mol. The molecule has 0 aromatic carbocycles. The fourth-order valence-corrected chi connectivity index (χ4v) is 5.34. The fraction of sp³-hybridized carbons (Fsp3) is 1.00. The molecule has 2 bridgehead atoms. The van der Waals surface area contributed by atoms with Crippen LogP contribution < -0.4 is 5.32 Å². The van der Waals surface area contributed by atoms with E-state index in [9.17, 15) is 0 Å².